The van der Waals surface area contributed by atoms with Crippen molar-refractivity contribution < 1.29 is 10.2 Å². The maximum atomic E-state index is 10.3. The molecule has 0 saturated carbocycles. The SMILES string of the molecule is O[C@@H]1[C@H](O)CS[C@H]1n1cnc2c(N[C@@H]3CCc4ccccc43)nc(Cl)nc21. The third-order valence-electron chi connectivity index (χ3n) is 5.24. The summed E-state index contributed by atoms with van der Waals surface area (Å²) >= 11 is 7.65. The zero-order chi connectivity index (χ0) is 18.5. The first-order chi connectivity index (χ1) is 13.1. The number of nitrogens with zero attached hydrogens (tertiary/aromatic N) is 4. The van der Waals surface area contributed by atoms with Crippen LogP contribution in [0.4, 0.5) is 5.82 Å². The smallest absolute Gasteiger partial charge is 0.226 e. The van der Waals surface area contributed by atoms with Crippen LogP contribution >= 0.6 is 23.4 Å². The Kier molecular flexibility index (Phi) is 4.23. The van der Waals surface area contributed by atoms with Gasteiger partial charge in [0.1, 0.15) is 11.5 Å². The molecule has 7 nitrogen and oxygen atoms in total. The van der Waals surface area contributed by atoms with Gasteiger partial charge in [-0.1, -0.05) is 24.3 Å². The lowest BCUT2D eigenvalue weighted by molar-refractivity contribution is 0.0313. The molecule has 0 unspecified atom stereocenters. The molecule has 140 valence electrons. The number of halogens is 1. The van der Waals surface area contributed by atoms with Crippen LogP contribution in [-0.4, -0.2) is 47.7 Å². The summed E-state index contributed by atoms with van der Waals surface area (Å²) in [7, 11) is 0. The van der Waals surface area contributed by atoms with Crippen LogP contribution in [0.15, 0.2) is 30.6 Å². The van der Waals surface area contributed by atoms with E-state index < -0.39 is 12.2 Å². The van der Waals surface area contributed by atoms with Crippen molar-refractivity contribution in [2.75, 3.05) is 11.1 Å². The first-order valence-corrected chi connectivity index (χ1v) is 10.3. The van der Waals surface area contributed by atoms with Crippen LogP contribution in [0.3, 0.4) is 0 Å². The molecule has 2 aromatic heterocycles. The van der Waals surface area contributed by atoms with Gasteiger partial charge in [0.2, 0.25) is 5.28 Å². The van der Waals surface area contributed by atoms with Gasteiger partial charge in [-0.25, -0.2) is 4.98 Å². The molecule has 1 fully saturated rings. The minimum absolute atomic E-state index is 0.121. The van der Waals surface area contributed by atoms with E-state index in [9.17, 15) is 10.2 Å². The highest BCUT2D eigenvalue weighted by Crippen LogP contribution is 2.39. The average Bonchev–Trinajstić information content (AvgIpc) is 3.34. The highest BCUT2D eigenvalue weighted by Gasteiger charge is 2.36. The summed E-state index contributed by atoms with van der Waals surface area (Å²) in [4.78, 5) is 13.2. The van der Waals surface area contributed by atoms with E-state index in [1.54, 1.807) is 10.9 Å². The number of aliphatic hydroxyl groups excluding tert-OH is 2. The predicted octanol–water partition coefficient (Wildman–Crippen LogP) is 2.55. The molecule has 3 N–H and O–H groups in total. The van der Waals surface area contributed by atoms with Gasteiger partial charge in [-0.15, -0.1) is 11.8 Å². The number of nitrogens with one attached hydrogen (secondary N) is 1. The molecule has 3 heterocycles. The molecule has 0 bridgehead atoms. The average molecular weight is 404 g/mol. The molecule has 3 aromatic rings. The van der Waals surface area contributed by atoms with Crippen molar-refractivity contribution in [1.82, 2.24) is 19.5 Å². The largest absolute Gasteiger partial charge is 0.389 e. The lowest BCUT2D eigenvalue weighted by atomic mass is 10.1. The maximum Gasteiger partial charge on any atom is 0.226 e. The summed E-state index contributed by atoms with van der Waals surface area (Å²) in [6.45, 7) is 0. The molecule has 1 aliphatic carbocycles. The van der Waals surface area contributed by atoms with Gasteiger partial charge in [0.25, 0.3) is 0 Å². The Morgan fingerprint density at radius 2 is 2.07 bits per heavy atom. The molecule has 27 heavy (non-hydrogen) atoms. The summed E-state index contributed by atoms with van der Waals surface area (Å²) < 4.78 is 1.77. The molecular weight excluding hydrogens is 386 g/mol. The molecule has 0 radical (unpaired) electrons. The Morgan fingerprint density at radius 1 is 1.22 bits per heavy atom. The molecule has 1 saturated heterocycles. The van der Waals surface area contributed by atoms with Crippen LogP contribution < -0.4 is 5.32 Å². The Hall–Kier alpha value is -1.87. The Morgan fingerprint density at radius 3 is 2.89 bits per heavy atom. The first kappa shape index (κ1) is 17.2. The van der Waals surface area contributed by atoms with Crippen LogP contribution in [0, 0.1) is 0 Å². The quantitative estimate of drug-likeness (QED) is 0.578. The normalized spacial score (nSPS) is 27.2. The Bertz CT molecular complexity index is 1010. The molecule has 0 amide bonds. The number of aromatic nitrogens is 4. The second-order valence-electron chi connectivity index (χ2n) is 6.88. The molecule has 4 atom stereocenters. The van der Waals surface area contributed by atoms with Crippen molar-refractivity contribution in [2.24, 2.45) is 0 Å². The van der Waals surface area contributed by atoms with E-state index in [1.165, 1.54) is 22.9 Å². The fourth-order valence-corrected chi connectivity index (χ4v) is 5.33. The number of aliphatic hydroxyl groups is 2. The van der Waals surface area contributed by atoms with Crippen molar-refractivity contribution in [1.29, 1.82) is 0 Å². The molecular formula is C18H18ClN5O2S. The maximum absolute atomic E-state index is 10.3. The van der Waals surface area contributed by atoms with Gasteiger partial charge in [0.15, 0.2) is 17.0 Å². The van der Waals surface area contributed by atoms with E-state index in [0.717, 1.165) is 12.8 Å². The van der Waals surface area contributed by atoms with E-state index in [2.05, 4.69) is 38.5 Å². The number of anilines is 1. The van der Waals surface area contributed by atoms with Gasteiger partial charge in [0.05, 0.1) is 18.5 Å². The van der Waals surface area contributed by atoms with Crippen LogP contribution in [0.1, 0.15) is 29.0 Å². The van der Waals surface area contributed by atoms with E-state index in [0.29, 0.717) is 22.7 Å². The number of rotatable bonds is 3. The predicted molar refractivity (Wildman–Crippen MR) is 105 cm³/mol. The number of hydrogen-bond acceptors (Lipinski definition) is 7. The van der Waals surface area contributed by atoms with E-state index >= 15 is 0 Å². The van der Waals surface area contributed by atoms with Gasteiger partial charge < -0.3 is 15.5 Å². The zero-order valence-electron chi connectivity index (χ0n) is 14.3. The van der Waals surface area contributed by atoms with E-state index in [4.69, 9.17) is 11.6 Å². The van der Waals surface area contributed by atoms with Crippen molar-refractivity contribution >= 4 is 40.3 Å². The van der Waals surface area contributed by atoms with Gasteiger partial charge in [-0.3, -0.25) is 4.57 Å². The van der Waals surface area contributed by atoms with Crippen LogP contribution in [0.25, 0.3) is 11.2 Å². The number of fused-ring (bicyclic) bond motifs is 2. The van der Waals surface area contributed by atoms with Crippen molar-refractivity contribution in [3.05, 3.63) is 47.0 Å². The third-order valence-corrected chi connectivity index (χ3v) is 6.79. The van der Waals surface area contributed by atoms with E-state index in [-0.39, 0.29) is 16.7 Å². The van der Waals surface area contributed by atoms with E-state index in [1.807, 2.05) is 6.07 Å². The fourth-order valence-electron chi connectivity index (χ4n) is 3.88. The Labute approximate surface area is 164 Å². The van der Waals surface area contributed by atoms with Crippen molar-refractivity contribution in [3.8, 4) is 0 Å². The zero-order valence-corrected chi connectivity index (χ0v) is 15.9. The summed E-state index contributed by atoms with van der Waals surface area (Å²) in [6, 6.07) is 8.53. The van der Waals surface area contributed by atoms with Crippen LogP contribution in [-0.2, 0) is 6.42 Å². The number of hydrogen-bond donors (Lipinski definition) is 3. The first-order valence-electron chi connectivity index (χ1n) is 8.84. The second kappa shape index (κ2) is 6.63. The Balaban J connectivity index is 1.53. The number of thioether (sulfide) groups is 1. The number of aryl methyl sites for hydroxylation is 1. The lowest BCUT2D eigenvalue weighted by Gasteiger charge is -2.18. The number of benzene rings is 1. The highest BCUT2D eigenvalue weighted by atomic mass is 35.5. The monoisotopic (exact) mass is 403 g/mol. The van der Waals surface area contributed by atoms with Crippen LogP contribution in [0.2, 0.25) is 5.28 Å². The summed E-state index contributed by atoms with van der Waals surface area (Å²) in [5.41, 5.74) is 3.77. The highest BCUT2D eigenvalue weighted by molar-refractivity contribution is 7.99. The summed E-state index contributed by atoms with van der Waals surface area (Å²) in [6.07, 6.45) is 1.99. The second-order valence-corrected chi connectivity index (χ2v) is 8.37. The van der Waals surface area contributed by atoms with Gasteiger partial charge in [-0.05, 0) is 35.6 Å². The molecule has 0 spiro atoms. The molecule has 1 aromatic carbocycles. The molecule has 2 aliphatic rings. The fraction of sp³-hybridized carbons (Fsp3) is 0.389. The molecule has 9 heteroatoms. The van der Waals surface area contributed by atoms with Crippen molar-refractivity contribution in [2.45, 2.75) is 36.5 Å². The number of imidazole rings is 1. The van der Waals surface area contributed by atoms with Crippen LogP contribution in [0.5, 0.6) is 0 Å². The minimum Gasteiger partial charge on any atom is -0.389 e. The minimum atomic E-state index is -0.876. The molecule has 5 rings (SSSR count). The van der Waals surface area contributed by atoms with Crippen molar-refractivity contribution in [3.63, 3.8) is 0 Å². The third kappa shape index (κ3) is 2.87. The van der Waals surface area contributed by atoms with Gasteiger partial charge in [-0.2, -0.15) is 9.97 Å². The topological polar surface area (TPSA) is 96.1 Å². The standard InChI is InChI=1S/C18H18ClN5O2S/c19-18-22-15(21-11-6-5-9-3-1-2-4-10(9)11)13-16(23-18)24(8-20-13)17-14(26)12(25)7-27-17/h1-4,8,11-12,14,17,25-26H,5-7H2,(H,21,22,23)/t11-,12-,14-,17-/m1/s1. The summed E-state index contributed by atoms with van der Waals surface area (Å²) in [5, 5.41) is 23.4. The molecule has 1 aliphatic heterocycles. The van der Waals surface area contributed by atoms with Gasteiger partial charge >= 0.3 is 0 Å². The lowest BCUT2D eigenvalue weighted by Crippen LogP contribution is -2.27. The van der Waals surface area contributed by atoms with Gasteiger partial charge in [0, 0.05) is 5.75 Å². The summed E-state index contributed by atoms with van der Waals surface area (Å²) in [5.74, 6) is 1.05.